The van der Waals surface area contributed by atoms with Gasteiger partial charge in [-0.2, -0.15) is 0 Å². The normalized spacial score (nSPS) is 16.2. The monoisotopic (exact) mass is 452 g/mol. The van der Waals surface area contributed by atoms with Crippen molar-refractivity contribution in [3.63, 3.8) is 0 Å². The summed E-state index contributed by atoms with van der Waals surface area (Å²) in [6.07, 6.45) is 0. The van der Waals surface area contributed by atoms with Gasteiger partial charge in [0.15, 0.2) is 0 Å². The maximum absolute atomic E-state index is 12.6. The van der Waals surface area contributed by atoms with Gasteiger partial charge in [-0.1, -0.05) is 6.07 Å². The van der Waals surface area contributed by atoms with E-state index in [1.807, 2.05) is 0 Å². The van der Waals surface area contributed by atoms with Gasteiger partial charge in [-0.3, -0.25) is 14.4 Å². The molecule has 0 saturated carbocycles. The molecule has 3 amide bonds. The van der Waals surface area contributed by atoms with Crippen molar-refractivity contribution in [1.82, 2.24) is 9.80 Å². The second-order valence-corrected chi connectivity index (χ2v) is 7.87. The van der Waals surface area contributed by atoms with Crippen LogP contribution in [0.25, 0.3) is 0 Å². The van der Waals surface area contributed by atoms with E-state index in [0.29, 0.717) is 69.4 Å². The van der Waals surface area contributed by atoms with E-state index >= 15 is 0 Å². The first-order valence-electron chi connectivity index (χ1n) is 11.1. The van der Waals surface area contributed by atoms with Crippen LogP contribution in [0.2, 0.25) is 0 Å². The topological polar surface area (TPSA) is 100 Å². The van der Waals surface area contributed by atoms with Crippen molar-refractivity contribution in [3.8, 4) is 0 Å². The summed E-state index contributed by atoms with van der Waals surface area (Å²) < 4.78 is 10.6. The summed E-state index contributed by atoms with van der Waals surface area (Å²) in [4.78, 5) is 41.1. The maximum atomic E-state index is 12.6. The summed E-state index contributed by atoms with van der Waals surface area (Å²) in [7, 11) is 0. The van der Waals surface area contributed by atoms with Crippen LogP contribution >= 0.6 is 0 Å². The fraction of sp³-hybridized carbons (Fsp3) is 0.375. The predicted molar refractivity (Wildman–Crippen MR) is 123 cm³/mol. The highest BCUT2D eigenvalue weighted by Gasteiger charge is 2.19. The van der Waals surface area contributed by atoms with Gasteiger partial charge in [0, 0.05) is 48.7 Å². The van der Waals surface area contributed by atoms with E-state index in [1.54, 1.807) is 58.3 Å². The van der Waals surface area contributed by atoms with Gasteiger partial charge in [-0.25, -0.2) is 0 Å². The number of nitrogens with zero attached hydrogens (tertiary/aromatic N) is 2. The number of hydrogen-bond acceptors (Lipinski definition) is 6. The Morgan fingerprint density at radius 1 is 0.727 bits per heavy atom. The number of carbonyl (C=O) groups is 3. The average molecular weight is 453 g/mol. The number of morpholine rings is 2. The molecule has 2 saturated heterocycles. The van der Waals surface area contributed by atoms with E-state index < -0.39 is 0 Å². The van der Waals surface area contributed by atoms with E-state index in [-0.39, 0.29) is 24.3 Å². The van der Waals surface area contributed by atoms with Gasteiger partial charge in [-0.15, -0.1) is 0 Å². The third-order valence-corrected chi connectivity index (χ3v) is 5.57. The second kappa shape index (κ2) is 10.9. The Hall–Kier alpha value is -3.43. The van der Waals surface area contributed by atoms with Crippen molar-refractivity contribution in [2.75, 3.05) is 69.8 Å². The summed E-state index contributed by atoms with van der Waals surface area (Å²) in [5, 5.41) is 5.87. The van der Waals surface area contributed by atoms with Gasteiger partial charge in [0.25, 0.3) is 11.8 Å². The Balaban J connectivity index is 1.28. The van der Waals surface area contributed by atoms with Crippen LogP contribution in [0, 0.1) is 0 Å². The number of anilines is 2. The number of amides is 3. The molecule has 4 rings (SSSR count). The van der Waals surface area contributed by atoms with Crippen LogP contribution in [-0.4, -0.2) is 86.7 Å². The Labute approximate surface area is 192 Å². The first-order chi connectivity index (χ1) is 16.1. The summed E-state index contributed by atoms with van der Waals surface area (Å²) in [5.74, 6) is -0.326. The molecule has 2 aliphatic heterocycles. The van der Waals surface area contributed by atoms with Crippen LogP contribution in [0.4, 0.5) is 11.4 Å². The first kappa shape index (κ1) is 22.8. The SMILES string of the molecule is O=C(CNc1ccc(C(=O)N2CCOCC2)cc1)Nc1cccc(C(=O)N2CCOCC2)c1. The third kappa shape index (κ3) is 6.09. The molecular weight excluding hydrogens is 424 g/mol. The molecule has 2 fully saturated rings. The number of carbonyl (C=O) groups excluding carboxylic acids is 3. The first-order valence-corrected chi connectivity index (χ1v) is 11.1. The summed E-state index contributed by atoms with van der Waals surface area (Å²) >= 11 is 0. The van der Waals surface area contributed by atoms with Gasteiger partial charge >= 0.3 is 0 Å². The molecule has 0 unspecified atom stereocenters. The molecule has 9 heteroatoms. The minimum absolute atomic E-state index is 0.0194. The second-order valence-electron chi connectivity index (χ2n) is 7.87. The molecule has 33 heavy (non-hydrogen) atoms. The van der Waals surface area contributed by atoms with Gasteiger partial charge in [0.1, 0.15) is 0 Å². The van der Waals surface area contributed by atoms with Crippen molar-refractivity contribution in [3.05, 3.63) is 59.7 Å². The molecule has 0 atom stereocenters. The van der Waals surface area contributed by atoms with Crippen molar-refractivity contribution in [2.45, 2.75) is 0 Å². The summed E-state index contributed by atoms with van der Waals surface area (Å²) in [5.41, 5.74) is 2.43. The molecule has 0 radical (unpaired) electrons. The average Bonchev–Trinajstić information content (AvgIpc) is 2.88. The van der Waals surface area contributed by atoms with Crippen molar-refractivity contribution in [2.24, 2.45) is 0 Å². The summed E-state index contributed by atoms with van der Waals surface area (Å²) in [6.45, 7) is 4.57. The van der Waals surface area contributed by atoms with Crippen LogP contribution < -0.4 is 10.6 Å². The molecule has 0 aliphatic carbocycles. The molecule has 2 N–H and O–H groups in total. The Morgan fingerprint density at radius 2 is 1.30 bits per heavy atom. The largest absolute Gasteiger partial charge is 0.378 e. The third-order valence-electron chi connectivity index (χ3n) is 5.57. The lowest BCUT2D eigenvalue weighted by Gasteiger charge is -2.27. The van der Waals surface area contributed by atoms with Crippen molar-refractivity contribution < 1.29 is 23.9 Å². The van der Waals surface area contributed by atoms with Gasteiger partial charge in [0.05, 0.1) is 33.0 Å². The molecule has 0 aromatic heterocycles. The van der Waals surface area contributed by atoms with Crippen molar-refractivity contribution >= 4 is 29.1 Å². The predicted octanol–water partition coefficient (Wildman–Crippen LogP) is 1.68. The lowest BCUT2D eigenvalue weighted by molar-refractivity contribution is -0.114. The van der Waals surface area contributed by atoms with Crippen molar-refractivity contribution in [1.29, 1.82) is 0 Å². The Kier molecular flexibility index (Phi) is 7.54. The van der Waals surface area contributed by atoms with E-state index in [9.17, 15) is 14.4 Å². The zero-order chi connectivity index (χ0) is 23.0. The zero-order valence-electron chi connectivity index (χ0n) is 18.4. The van der Waals surface area contributed by atoms with Gasteiger partial charge in [0.2, 0.25) is 5.91 Å². The minimum atomic E-state index is -0.237. The maximum Gasteiger partial charge on any atom is 0.254 e. The van der Waals surface area contributed by atoms with Crippen LogP contribution in [0.5, 0.6) is 0 Å². The lowest BCUT2D eigenvalue weighted by atomic mass is 10.1. The number of nitrogens with one attached hydrogen (secondary N) is 2. The van der Waals surface area contributed by atoms with Crippen LogP contribution in [-0.2, 0) is 14.3 Å². The quantitative estimate of drug-likeness (QED) is 0.692. The number of hydrogen-bond donors (Lipinski definition) is 2. The number of benzene rings is 2. The molecular formula is C24H28N4O5. The molecule has 2 aliphatic rings. The highest BCUT2D eigenvalue weighted by atomic mass is 16.5. The van der Waals surface area contributed by atoms with E-state index in [0.717, 1.165) is 5.69 Å². The van der Waals surface area contributed by atoms with Gasteiger partial charge < -0.3 is 29.9 Å². The summed E-state index contributed by atoms with van der Waals surface area (Å²) in [6, 6.07) is 14.0. The van der Waals surface area contributed by atoms with E-state index in [1.165, 1.54) is 0 Å². The van der Waals surface area contributed by atoms with Crippen LogP contribution in [0.1, 0.15) is 20.7 Å². The van der Waals surface area contributed by atoms with E-state index in [2.05, 4.69) is 10.6 Å². The number of ether oxygens (including phenoxy) is 2. The molecule has 2 heterocycles. The molecule has 174 valence electrons. The fourth-order valence-corrected chi connectivity index (χ4v) is 3.75. The molecule has 2 aromatic rings. The molecule has 0 spiro atoms. The zero-order valence-corrected chi connectivity index (χ0v) is 18.4. The molecule has 9 nitrogen and oxygen atoms in total. The van der Waals surface area contributed by atoms with Crippen LogP contribution in [0.15, 0.2) is 48.5 Å². The fourth-order valence-electron chi connectivity index (χ4n) is 3.75. The van der Waals surface area contributed by atoms with E-state index in [4.69, 9.17) is 9.47 Å². The Bertz CT molecular complexity index is 983. The lowest BCUT2D eigenvalue weighted by Crippen LogP contribution is -2.40. The standard InChI is InChI=1S/C24H28N4O5/c29-22(26-21-3-1-2-19(16-21)24(31)28-10-14-33-15-11-28)17-25-20-6-4-18(5-7-20)23(30)27-8-12-32-13-9-27/h1-7,16,25H,8-15,17H2,(H,26,29). The number of rotatable bonds is 6. The highest BCUT2D eigenvalue weighted by molar-refractivity contribution is 5.98. The molecule has 2 aromatic carbocycles. The van der Waals surface area contributed by atoms with Gasteiger partial charge in [-0.05, 0) is 42.5 Å². The Morgan fingerprint density at radius 3 is 1.91 bits per heavy atom. The molecule has 0 bridgehead atoms. The smallest absolute Gasteiger partial charge is 0.254 e. The minimum Gasteiger partial charge on any atom is -0.378 e. The highest BCUT2D eigenvalue weighted by Crippen LogP contribution is 2.15. The van der Waals surface area contributed by atoms with Crippen LogP contribution in [0.3, 0.4) is 0 Å².